The van der Waals surface area contributed by atoms with Crippen molar-refractivity contribution in [2.75, 3.05) is 31.5 Å². The van der Waals surface area contributed by atoms with Crippen LogP contribution in [0.5, 0.6) is 0 Å². The maximum Gasteiger partial charge on any atom is 0.356 e. The van der Waals surface area contributed by atoms with Crippen molar-refractivity contribution >= 4 is 34.3 Å². The van der Waals surface area contributed by atoms with E-state index in [1.807, 2.05) is 24.3 Å². The fraction of sp³-hybridized carbons (Fsp3) is 0.321. The topological polar surface area (TPSA) is 117 Å². The van der Waals surface area contributed by atoms with Gasteiger partial charge in [0.2, 0.25) is 0 Å². The van der Waals surface area contributed by atoms with Gasteiger partial charge in [-0.3, -0.25) is 4.79 Å². The molecule has 0 saturated carbocycles. The number of carbonyl (C=O) groups excluding carboxylic acids is 2. The SMILES string of the molecule is COCc1ccc(CNc2cnc3c(c2)c(NC(=O)c2ccccc2)c(C(=O)OC)n3CC2CCCO2)o1. The molecule has 198 valence electrons. The van der Waals surface area contributed by atoms with Crippen molar-refractivity contribution in [1.29, 1.82) is 0 Å². The molecule has 0 radical (unpaired) electrons. The van der Waals surface area contributed by atoms with Crippen molar-refractivity contribution in [2.45, 2.75) is 38.6 Å². The van der Waals surface area contributed by atoms with E-state index in [-0.39, 0.29) is 17.7 Å². The maximum absolute atomic E-state index is 13.2. The second kappa shape index (κ2) is 11.5. The Hall–Kier alpha value is -4.15. The molecule has 4 aromatic rings. The van der Waals surface area contributed by atoms with E-state index in [4.69, 9.17) is 18.6 Å². The number of anilines is 2. The first-order chi connectivity index (χ1) is 18.6. The van der Waals surface area contributed by atoms with Gasteiger partial charge in [-0.25, -0.2) is 9.78 Å². The number of pyridine rings is 1. The predicted molar refractivity (Wildman–Crippen MR) is 141 cm³/mol. The molecular weight excluding hydrogens is 488 g/mol. The number of ether oxygens (including phenoxy) is 3. The second-order valence-electron chi connectivity index (χ2n) is 9.03. The highest BCUT2D eigenvalue weighted by molar-refractivity contribution is 6.14. The van der Waals surface area contributed by atoms with Crippen LogP contribution in [-0.4, -0.2) is 48.4 Å². The van der Waals surface area contributed by atoms with Crippen molar-refractivity contribution < 1.29 is 28.2 Å². The number of methoxy groups -OCH3 is 2. The Kier molecular flexibility index (Phi) is 7.71. The summed E-state index contributed by atoms with van der Waals surface area (Å²) in [6.45, 7) is 1.90. The monoisotopic (exact) mass is 518 g/mol. The van der Waals surface area contributed by atoms with E-state index in [9.17, 15) is 9.59 Å². The Morgan fingerprint density at radius 2 is 1.95 bits per heavy atom. The Morgan fingerprint density at radius 3 is 2.68 bits per heavy atom. The molecule has 0 aliphatic carbocycles. The summed E-state index contributed by atoms with van der Waals surface area (Å²) in [7, 11) is 2.93. The van der Waals surface area contributed by atoms with Gasteiger partial charge in [-0.1, -0.05) is 18.2 Å². The molecule has 1 unspecified atom stereocenters. The number of fused-ring (bicyclic) bond motifs is 1. The van der Waals surface area contributed by atoms with Gasteiger partial charge >= 0.3 is 5.97 Å². The summed E-state index contributed by atoms with van der Waals surface area (Å²) >= 11 is 0. The van der Waals surface area contributed by atoms with Crippen LogP contribution in [0, 0.1) is 0 Å². The second-order valence-corrected chi connectivity index (χ2v) is 9.03. The van der Waals surface area contributed by atoms with Crippen LogP contribution in [-0.2, 0) is 33.9 Å². The third-order valence-electron chi connectivity index (χ3n) is 6.43. The van der Waals surface area contributed by atoms with Crippen molar-refractivity contribution in [3.8, 4) is 0 Å². The first kappa shape index (κ1) is 25.5. The Bertz CT molecular complexity index is 1420. The lowest BCUT2D eigenvalue weighted by atomic mass is 10.2. The fourth-order valence-corrected chi connectivity index (χ4v) is 4.63. The summed E-state index contributed by atoms with van der Waals surface area (Å²) in [6, 6.07) is 14.4. The number of carbonyl (C=O) groups is 2. The van der Waals surface area contributed by atoms with E-state index in [2.05, 4.69) is 15.6 Å². The molecule has 10 heteroatoms. The standard InChI is InChI=1S/C28H30N4O6/c1-35-17-22-11-10-20(38-22)15-29-19-13-23-24(31-27(33)18-7-4-3-5-8-18)25(28(34)36-2)32(26(23)30-14-19)16-21-9-6-12-37-21/h3-5,7-8,10-11,13-14,21,29H,6,9,12,15-17H2,1-2H3,(H,31,33). The zero-order valence-electron chi connectivity index (χ0n) is 21.4. The van der Waals surface area contributed by atoms with Crippen LogP contribution in [0.1, 0.15) is 45.2 Å². The van der Waals surface area contributed by atoms with Crippen molar-refractivity contribution in [3.05, 3.63) is 77.5 Å². The third kappa shape index (κ3) is 5.41. The van der Waals surface area contributed by atoms with Gasteiger partial charge in [-0.15, -0.1) is 0 Å². The molecule has 1 saturated heterocycles. The van der Waals surface area contributed by atoms with Gasteiger partial charge in [0.1, 0.15) is 23.8 Å². The summed E-state index contributed by atoms with van der Waals surface area (Å²) in [4.78, 5) is 30.9. The molecule has 4 heterocycles. The minimum atomic E-state index is -0.569. The number of aromatic nitrogens is 2. The average Bonchev–Trinajstić information content (AvgIpc) is 3.69. The van der Waals surface area contributed by atoms with Gasteiger partial charge < -0.3 is 33.8 Å². The van der Waals surface area contributed by atoms with E-state index in [1.54, 1.807) is 42.1 Å². The van der Waals surface area contributed by atoms with E-state index in [0.717, 1.165) is 24.4 Å². The van der Waals surface area contributed by atoms with Gasteiger partial charge in [0.15, 0.2) is 5.69 Å². The van der Waals surface area contributed by atoms with E-state index >= 15 is 0 Å². The lowest BCUT2D eigenvalue weighted by molar-refractivity contribution is 0.0580. The molecular formula is C28H30N4O6. The number of furan rings is 1. The molecule has 0 bridgehead atoms. The number of benzene rings is 1. The highest BCUT2D eigenvalue weighted by Crippen LogP contribution is 2.34. The number of hydrogen-bond acceptors (Lipinski definition) is 8. The molecule has 5 rings (SSSR count). The van der Waals surface area contributed by atoms with Gasteiger partial charge in [0.05, 0.1) is 43.9 Å². The number of nitrogens with one attached hydrogen (secondary N) is 2. The van der Waals surface area contributed by atoms with Crippen LogP contribution in [0.15, 0.2) is 59.1 Å². The van der Waals surface area contributed by atoms with Crippen LogP contribution < -0.4 is 10.6 Å². The van der Waals surface area contributed by atoms with Crippen LogP contribution in [0.2, 0.25) is 0 Å². The van der Waals surface area contributed by atoms with Gasteiger partial charge in [-0.05, 0) is 43.2 Å². The predicted octanol–water partition coefficient (Wildman–Crippen LogP) is 4.61. The van der Waals surface area contributed by atoms with Crippen molar-refractivity contribution in [1.82, 2.24) is 9.55 Å². The zero-order valence-corrected chi connectivity index (χ0v) is 21.4. The molecule has 0 spiro atoms. The summed E-state index contributed by atoms with van der Waals surface area (Å²) in [6.07, 6.45) is 3.46. The Balaban J connectivity index is 1.53. The van der Waals surface area contributed by atoms with Crippen LogP contribution >= 0.6 is 0 Å². The number of hydrogen-bond donors (Lipinski definition) is 2. The highest BCUT2D eigenvalue weighted by atomic mass is 16.5. The van der Waals surface area contributed by atoms with Gasteiger partial charge in [0.25, 0.3) is 5.91 Å². The Morgan fingerprint density at radius 1 is 1.13 bits per heavy atom. The van der Waals surface area contributed by atoms with Crippen molar-refractivity contribution in [3.63, 3.8) is 0 Å². The smallest absolute Gasteiger partial charge is 0.356 e. The lowest BCUT2D eigenvalue weighted by Gasteiger charge is -2.14. The quantitative estimate of drug-likeness (QED) is 0.293. The third-order valence-corrected chi connectivity index (χ3v) is 6.43. The summed E-state index contributed by atoms with van der Waals surface area (Å²) in [5, 5.41) is 6.86. The highest BCUT2D eigenvalue weighted by Gasteiger charge is 2.29. The minimum Gasteiger partial charge on any atom is -0.464 e. The molecule has 3 aromatic heterocycles. The molecule has 1 aliphatic heterocycles. The first-order valence-corrected chi connectivity index (χ1v) is 12.5. The van der Waals surface area contributed by atoms with Crippen molar-refractivity contribution in [2.24, 2.45) is 0 Å². The average molecular weight is 519 g/mol. The number of nitrogens with zero attached hydrogens (tertiary/aromatic N) is 2. The number of rotatable bonds is 10. The molecule has 38 heavy (non-hydrogen) atoms. The van der Waals surface area contributed by atoms with E-state index in [0.29, 0.717) is 54.3 Å². The van der Waals surface area contributed by atoms with Crippen LogP contribution in [0.25, 0.3) is 11.0 Å². The van der Waals surface area contributed by atoms with Gasteiger partial charge in [0, 0.05) is 24.7 Å². The van der Waals surface area contributed by atoms with Crippen LogP contribution in [0.4, 0.5) is 11.4 Å². The molecule has 1 atom stereocenters. The molecule has 1 amide bonds. The van der Waals surface area contributed by atoms with Crippen LogP contribution in [0.3, 0.4) is 0 Å². The van der Waals surface area contributed by atoms with E-state index in [1.165, 1.54) is 7.11 Å². The van der Waals surface area contributed by atoms with Gasteiger partial charge in [-0.2, -0.15) is 0 Å². The fourth-order valence-electron chi connectivity index (χ4n) is 4.63. The summed E-state index contributed by atoms with van der Waals surface area (Å²) in [5.41, 5.74) is 2.28. The lowest BCUT2D eigenvalue weighted by Crippen LogP contribution is -2.21. The molecule has 10 nitrogen and oxygen atoms in total. The van der Waals surface area contributed by atoms with E-state index < -0.39 is 5.97 Å². The zero-order chi connectivity index (χ0) is 26.5. The largest absolute Gasteiger partial charge is 0.464 e. The Labute approximate surface area is 219 Å². The molecule has 1 aromatic carbocycles. The molecule has 1 fully saturated rings. The summed E-state index contributed by atoms with van der Waals surface area (Å²) < 4.78 is 23.6. The number of esters is 1. The molecule has 1 aliphatic rings. The summed E-state index contributed by atoms with van der Waals surface area (Å²) in [5.74, 6) is 0.560. The maximum atomic E-state index is 13.2. The molecule has 2 N–H and O–H groups in total. The minimum absolute atomic E-state index is 0.0634. The first-order valence-electron chi connectivity index (χ1n) is 12.5. The number of amides is 1. The normalized spacial score (nSPS) is 15.1.